The van der Waals surface area contributed by atoms with Crippen LogP contribution in [0, 0.1) is 5.82 Å². The fraction of sp³-hybridized carbons (Fsp3) is 0.273. The van der Waals surface area contributed by atoms with Crippen molar-refractivity contribution in [2.75, 3.05) is 0 Å². The van der Waals surface area contributed by atoms with Crippen LogP contribution in [0.3, 0.4) is 0 Å². The number of halogens is 1. The van der Waals surface area contributed by atoms with Crippen molar-refractivity contribution in [1.29, 1.82) is 0 Å². The molecule has 0 radical (unpaired) electrons. The van der Waals surface area contributed by atoms with Gasteiger partial charge < -0.3 is 21.1 Å². The number of aliphatic hydroxyl groups excluding tert-OH is 2. The number of aliphatic hydroxyl groups is 2. The zero-order valence-electron chi connectivity index (χ0n) is 9.21. The SMILES string of the molecule is NC(=O)C(O)C(O)c1cc(F)ccc1CC(=O)O. The summed E-state index contributed by atoms with van der Waals surface area (Å²) in [4.78, 5) is 21.3. The largest absolute Gasteiger partial charge is 0.481 e. The van der Waals surface area contributed by atoms with Gasteiger partial charge in [-0.15, -0.1) is 0 Å². The molecular formula is C11H12FNO5. The van der Waals surface area contributed by atoms with E-state index in [9.17, 15) is 24.2 Å². The summed E-state index contributed by atoms with van der Waals surface area (Å²) in [6.07, 6.45) is -4.18. The number of amides is 1. The third-order valence-corrected chi connectivity index (χ3v) is 2.36. The van der Waals surface area contributed by atoms with E-state index in [1.807, 2.05) is 0 Å². The second-order valence-electron chi connectivity index (χ2n) is 3.71. The molecular weight excluding hydrogens is 245 g/mol. The number of nitrogens with two attached hydrogens (primary N) is 1. The van der Waals surface area contributed by atoms with Crippen molar-refractivity contribution in [3.05, 3.63) is 35.1 Å². The van der Waals surface area contributed by atoms with Crippen molar-refractivity contribution < 1.29 is 29.3 Å². The van der Waals surface area contributed by atoms with E-state index in [1.165, 1.54) is 0 Å². The molecule has 0 aliphatic heterocycles. The summed E-state index contributed by atoms with van der Waals surface area (Å²) in [5, 5.41) is 27.6. The van der Waals surface area contributed by atoms with Crippen molar-refractivity contribution in [2.24, 2.45) is 5.73 Å². The summed E-state index contributed by atoms with van der Waals surface area (Å²) >= 11 is 0. The fourth-order valence-electron chi connectivity index (χ4n) is 1.49. The Bertz CT molecular complexity index is 477. The molecule has 7 heteroatoms. The molecule has 0 aromatic heterocycles. The Hall–Kier alpha value is -1.99. The maximum absolute atomic E-state index is 13.1. The van der Waals surface area contributed by atoms with E-state index in [-0.39, 0.29) is 11.1 Å². The van der Waals surface area contributed by atoms with Gasteiger partial charge >= 0.3 is 5.97 Å². The lowest BCUT2D eigenvalue weighted by molar-refractivity contribution is -0.136. The molecule has 0 saturated heterocycles. The summed E-state index contributed by atoms with van der Waals surface area (Å²) in [6, 6.07) is 3.04. The van der Waals surface area contributed by atoms with E-state index in [1.54, 1.807) is 0 Å². The molecule has 0 fully saturated rings. The van der Waals surface area contributed by atoms with Crippen LogP contribution in [0.15, 0.2) is 18.2 Å². The summed E-state index contributed by atoms with van der Waals surface area (Å²) in [5.41, 5.74) is 4.72. The zero-order valence-corrected chi connectivity index (χ0v) is 9.21. The highest BCUT2D eigenvalue weighted by Crippen LogP contribution is 2.23. The Morgan fingerprint density at radius 1 is 1.33 bits per heavy atom. The summed E-state index contributed by atoms with van der Waals surface area (Å²) in [5.74, 6) is -3.11. The van der Waals surface area contributed by atoms with Gasteiger partial charge in [0.2, 0.25) is 5.91 Å². The lowest BCUT2D eigenvalue weighted by Crippen LogP contribution is -2.34. The Labute approximate surface area is 101 Å². The highest BCUT2D eigenvalue weighted by molar-refractivity contribution is 5.79. The minimum absolute atomic E-state index is 0.0942. The summed E-state index contributed by atoms with van der Waals surface area (Å²) < 4.78 is 13.1. The maximum atomic E-state index is 13.1. The predicted octanol–water partition coefficient (Wildman–Crippen LogP) is -0.668. The molecule has 0 aliphatic rings. The molecule has 18 heavy (non-hydrogen) atoms. The number of carboxylic acid groups (broad SMARTS) is 1. The van der Waals surface area contributed by atoms with Crippen LogP contribution >= 0.6 is 0 Å². The van der Waals surface area contributed by atoms with Crippen molar-refractivity contribution in [3.8, 4) is 0 Å². The van der Waals surface area contributed by atoms with Crippen LogP contribution in [-0.4, -0.2) is 33.3 Å². The summed E-state index contributed by atoms with van der Waals surface area (Å²) in [6.45, 7) is 0. The molecule has 1 aromatic rings. The first-order valence-electron chi connectivity index (χ1n) is 4.98. The van der Waals surface area contributed by atoms with Crippen LogP contribution in [0.2, 0.25) is 0 Å². The molecule has 5 N–H and O–H groups in total. The monoisotopic (exact) mass is 257 g/mol. The highest BCUT2D eigenvalue weighted by atomic mass is 19.1. The molecule has 2 atom stereocenters. The standard InChI is InChI=1S/C11H12FNO5/c12-6-2-1-5(3-8(14)15)7(4-6)9(16)10(17)11(13)18/h1-2,4,9-10,16-17H,3H2,(H2,13,18)(H,14,15). The summed E-state index contributed by atoms with van der Waals surface area (Å²) in [7, 11) is 0. The Kier molecular flexibility index (Phi) is 4.35. The number of rotatable bonds is 5. The van der Waals surface area contributed by atoms with Crippen molar-refractivity contribution in [3.63, 3.8) is 0 Å². The molecule has 2 unspecified atom stereocenters. The van der Waals surface area contributed by atoms with E-state index in [0.717, 1.165) is 18.2 Å². The second-order valence-corrected chi connectivity index (χ2v) is 3.71. The first kappa shape index (κ1) is 14.1. The van der Waals surface area contributed by atoms with Crippen LogP contribution in [0.4, 0.5) is 4.39 Å². The molecule has 0 saturated carbocycles. The number of carbonyl (C=O) groups excluding carboxylic acids is 1. The van der Waals surface area contributed by atoms with E-state index >= 15 is 0 Å². The predicted molar refractivity (Wildman–Crippen MR) is 57.9 cm³/mol. The van der Waals surface area contributed by atoms with Gasteiger partial charge in [-0.2, -0.15) is 0 Å². The molecule has 1 aromatic carbocycles. The van der Waals surface area contributed by atoms with Gasteiger partial charge in [-0.25, -0.2) is 4.39 Å². The molecule has 98 valence electrons. The molecule has 1 rings (SSSR count). The number of primary amides is 1. The molecule has 0 heterocycles. The first-order valence-corrected chi connectivity index (χ1v) is 4.98. The highest BCUT2D eigenvalue weighted by Gasteiger charge is 2.26. The number of carbonyl (C=O) groups is 2. The lowest BCUT2D eigenvalue weighted by Gasteiger charge is -2.18. The number of hydrogen-bond donors (Lipinski definition) is 4. The van der Waals surface area contributed by atoms with Crippen molar-refractivity contribution >= 4 is 11.9 Å². The fourth-order valence-corrected chi connectivity index (χ4v) is 1.49. The maximum Gasteiger partial charge on any atom is 0.307 e. The Morgan fingerprint density at radius 2 is 1.94 bits per heavy atom. The normalized spacial score (nSPS) is 13.9. The first-order chi connectivity index (χ1) is 8.32. The Morgan fingerprint density at radius 3 is 2.44 bits per heavy atom. The second kappa shape index (κ2) is 5.56. The topological polar surface area (TPSA) is 121 Å². The van der Waals surface area contributed by atoms with Gasteiger partial charge in [-0.1, -0.05) is 6.07 Å². The van der Waals surface area contributed by atoms with Crippen LogP contribution < -0.4 is 5.73 Å². The number of aliphatic carboxylic acids is 1. The van der Waals surface area contributed by atoms with Gasteiger partial charge in [0.25, 0.3) is 0 Å². The molecule has 0 spiro atoms. The molecule has 0 aliphatic carbocycles. The average Bonchev–Trinajstić information content (AvgIpc) is 2.28. The minimum Gasteiger partial charge on any atom is -0.481 e. The van der Waals surface area contributed by atoms with Crippen LogP contribution in [0.1, 0.15) is 17.2 Å². The van der Waals surface area contributed by atoms with E-state index in [2.05, 4.69) is 0 Å². The molecule has 6 nitrogen and oxygen atoms in total. The van der Waals surface area contributed by atoms with Crippen molar-refractivity contribution in [1.82, 2.24) is 0 Å². The third-order valence-electron chi connectivity index (χ3n) is 2.36. The van der Waals surface area contributed by atoms with E-state index in [4.69, 9.17) is 10.8 Å². The number of hydrogen-bond acceptors (Lipinski definition) is 4. The van der Waals surface area contributed by atoms with Crippen LogP contribution in [-0.2, 0) is 16.0 Å². The van der Waals surface area contributed by atoms with Gasteiger partial charge in [0.15, 0.2) is 6.10 Å². The average molecular weight is 257 g/mol. The molecule has 0 bridgehead atoms. The number of benzene rings is 1. The van der Waals surface area contributed by atoms with Crippen LogP contribution in [0.5, 0.6) is 0 Å². The van der Waals surface area contributed by atoms with E-state index < -0.39 is 36.3 Å². The van der Waals surface area contributed by atoms with Gasteiger partial charge in [-0.05, 0) is 23.3 Å². The zero-order chi connectivity index (χ0) is 13.9. The molecule has 1 amide bonds. The van der Waals surface area contributed by atoms with Crippen molar-refractivity contribution in [2.45, 2.75) is 18.6 Å². The lowest BCUT2D eigenvalue weighted by atomic mass is 9.96. The van der Waals surface area contributed by atoms with E-state index in [0.29, 0.717) is 0 Å². The van der Waals surface area contributed by atoms with Gasteiger partial charge in [0.05, 0.1) is 6.42 Å². The number of carboxylic acids is 1. The Balaban J connectivity index is 3.15. The van der Waals surface area contributed by atoms with Gasteiger partial charge in [0, 0.05) is 0 Å². The minimum atomic E-state index is -1.93. The van der Waals surface area contributed by atoms with Gasteiger partial charge in [-0.3, -0.25) is 9.59 Å². The third kappa shape index (κ3) is 3.25. The van der Waals surface area contributed by atoms with Gasteiger partial charge in [0.1, 0.15) is 11.9 Å². The smallest absolute Gasteiger partial charge is 0.307 e. The quantitative estimate of drug-likeness (QED) is 0.557. The van der Waals surface area contributed by atoms with Crippen LogP contribution in [0.25, 0.3) is 0 Å².